The Morgan fingerprint density at radius 1 is 1.50 bits per heavy atom. The molecule has 0 rings (SSSR count). The molecule has 0 bridgehead atoms. The molecule has 0 saturated heterocycles. The van der Waals surface area contributed by atoms with Gasteiger partial charge in [0.1, 0.15) is 5.73 Å². The second kappa shape index (κ2) is 2.29. The van der Waals surface area contributed by atoms with Gasteiger partial charge in [-0.1, -0.05) is 19.6 Å². The molecule has 3 heteroatoms. The lowest BCUT2D eigenvalue weighted by atomic mass is 10.8. The van der Waals surface area contributed by atoms with Crippen LogP contribution in [0.5, 0.6) is 0 Å². The van der Waals surface area contributed by atoms with Gasteiger partial charge in [-0.05, 0) is 0 Å². The third-order valence-electron chi connectivity index (χ3n) is 0.943. The fourth-order valence-electron chi connectivity index (χ4n) is 0.194. The van der Waals surface area contributed by atoms with Crippen LogP contribution >= 0.6 is 0 Å². The standard InChI is InChI=1S/C5H11NOSi/c1-8(2,3)5(7)4-6/h5,7H,1-3H3. The highest BCUT2D eigenvalue weighted by Crippen LogP contribution is 2.04. The zero-order valence-corrected chi connectivity index (χ0v) is 6.47. The summed E-state index contributed by atoms with van der Waals surface area (Å²) >= 11 is 0. The first-order valence-electron chi connectivity index (χ1n) is 2.56. The van der Waals surface area contributed by atoms with E-state index in [0.717, 1.165) is 0 Å². The second-order valence-corrected chi connectivity index (χ2v) is 8.18. The van der Waals surface area contributed by atoms with Crippen molar-refractivity contribution in [1.82, 2.24) is 0 Å². The Balaban J connectivity index is 3.87. The van der Waals surface area contributed by atoms with Crippen molar-refractivity contribution in [3.05, 3.63) is 0 Å². The highest BCUT2D eigenvalue weighted by molar-refractivity contribution is 6.77. The number of aliphatic hydroxyl groups excluding tert-OH is 1. The zero-order chi connectivity index (χ0) is 6.78. The second-order valence-electron chi connectivity index (χ2n) is 2.90. The maximum atomic E-state index is 8.90. The average Bonchev–Trinajstić information content (AvgIpc) is 1.62. The smallest absolute Gasteiger partial charge is 0.127 e. The van der Waals surface area contributed by atoms with Gasteiger partial charge in [-0.25, -0.2) is 0 Å². The first-order chi connectivity index (χ1) is 3.48. The van der Waals surface area contributed by atoms with Crippen LogP contribution in [0.2, 0.25) is 19.6 Å². The van der Waals surface area contributed by atoms with E-state index in [2.05, 4.69) is 0 Å². The summed E-state index contributed by atoms with van der Waals surface area (Å²) in [5.41, 5.74) is -0.706. The third kappa shape index (κ3) is 2.10. The number of rotatable bonds is 1. The molecule has 2 nitrogen and oxygen atoms in total. The molecular weight excluding hydrogens is 118 g/mol. The molecule has 0 aliphatic carbocycles. The van der Waals surface area contributed by atoms with E-state index in [1.165, 1.54) is 0 Å². The van der Waals surface area contributed by atoms with E-state index in [4.69, 9.17) is 10.4 Å². The molecule has 46 valence electrons. The summed E-state index contributed by atoms with van der Waals surface area (Å²) in [5.74, 6) is 0. The molecule has 0 spiro atoms. The van der Waals surface area contributed by atoms with Gasteiger partial charge in [0.25, 0.3) is 0 Å². The zero-order valence-electron chi connectivity index (χ0n) is 5.47. The van der Waals surface area contributed by atoms with Crippen LogP contribution in [0, 0.1) is 11.3 Å². The summed E-state index contributed by atoms with van der Waals surface area (Å²) in [6.45, 7) is 5.88. The first-order valence-corrected chi connectivity index (χ1v) is 6.14. The van der Waals surface area contributed by atoms with Crippen LogP contribution in [0.15, 0.2) is 0 Å². The minimum atomic E-state index is -1.57. The van der Waals surface area contributed by atoms with Crippen molar-refractivity contribution in [3.8, 4) is 6.07 Å². The molecular formula is C5H11NOSi. The predicted molar refractivity (Wildman–Crippen MR) is 35.0 cm³/mol. The van der Waals surface area contributed by atoms with Crippen LogP contribution in [0.4, 0.5) is 0 Å². The number of nitrogens with zero attached hydrogens (tertiary/aromatic N) is 1. The summed E-state index contributed by atoms with van der Waals surface area (Å²) in [4.78, 5) is 0. The Bertz CT molecular complexity index is 111. The highest BCUT2D eigenvalue weighted by Gasteiger charge is 2.23. The van der Waals surface area contributed by atoms with Crippen LogP contribution in [-0.2, 0) is 0 Å². The van der Waals surface area contributed by atoms with Crippen molar-refractivity contribution in [2.75, 3.05) is 0 Å². The lowest BCUT2D eigenvalue weighted by molar-refractivity contribution is 0.297. The van der Waals surface area contributed by atoms with E-state index in [0.29, 0.717) is 0 Å². The van der Waals surface area contributed by atoms with Crippen molar-refractivity contribution in [2.45, 2.75) is 25.4 Å². The molecule has 0 saturated carbocycles. The largest absolute Gasteiger partial charge is 0.382 e. The van der Waals surface area contributed by atoms with Gasteiger partial charge in [-0.2, -0.15) is 5.26 Å². The molecule has 1 unspecified atom stereocenters. The van der Waals surface area contributed by atoms with Crippen LogP contribution in [0.1, 0.15) is 0 Å². The number of hydrogen-bond donors (Lipinski definition) is 1. The quantitative estimate of drug-likeness (QED) is 0.419. The molecule has 0 aromatic carbocycles. The molecule has 1 N–H and O–H groups in total. The Labute approximate surface area is 50.8 Å². The van der Waals surface area contributed by atoms with Gasteiger partial charge in [0.05, 0.1) is 14.1 Å². The molecule has 0 fully saturated rings. The van der Waals surface area contributed by atoms with Crippen LogP contribution in [0.3, 0.4) is 0 Å². The normalized spacial score (nSPS) is 14.9. The minimum Gasteiger partial charge on any atom is -0.382 e. The third-order valence-corrected chi connectivity index (χ3v) is 2.71. The van der Waals surface area contributed by atoms with E-state index >= 15 is 0 Å². The van der Waals surface area contributed by atoms with Crippen molar-refractivity contribution < 1.29 is 5.11 Å². The van der Waals surface area contributed by atoms with Gasteiger partial charge in [0.15, 0.2) is 0 Å². The van der Waals surface area contributed by atoms with Crippen LogP contribution < -0.4 is 0 Å². The molecule has 1 atom stereocenters. The molecule has 0 aliphatic rings. The van der Waals surface area contributed by atoms with Gasteiger partial charge < -0.3 is 5.11 Å². The van der Waals surface area contributed by atoms with Crippen molar-refractivity contribution in [2.24, 2.45) is 0 Å². The maximum absolute atomic E-state index is 8.90. The van der Waals surface area contributed by atoms with Crippen LogP contribution in [0.25, 0.3) is 0 Å². The summed E-state index contributed by atoms with van der Waals surface area (Å²) < 4.78 is 0. The lowest BCUT2D eigenvalue weighted by Gasteiger charge is -2.15. The molecule has 0 aliphatic heterocycles. The van der Waals surface area contributed by atoms with E-state index in [1.54, 1.807) is 0 Å². The molecule has 0 heterocycles. The molecule has 0 radical (unpaired) electrons. The Kier molecular flexibility index (Phi) is 2.20. The Morgan fingerprint density at radius 2 is 1.88 bits per heavy atom. The topological polar surface area (TPSA) is 44.0 Å². The van der Waals surface area contributed by atoms with Gasteiger partial charge in [-0.15, -0.1) is 0 Å². The van der Waals surface area contributed by atoms with E-state index in [1.807, 2.05) is 25.7 Å². The maximum Gasteiger partial charge on any atom is 0.127 e. The first kappa shape index (κ1) is 7.67. The van der Waals surface area contributed by atoms with Gasteiger partial charge in [0, 0.05) is 0 Å². The summed E-state index contributed by atoms with van der Waals surface area (Å²) in [6, 6.07) is 1.82. The fraction of sp³-hybridized carbons (Fsp3) is 0.800. The lowest BCUT2D eigenvalue weighted by Crippen LogP contribution is -2.36. The van der Waals surface area contributed by atoms with Crippen molar-refractivity contribution in [1.29, 1.82) is 5.26 Å². The fourth-order valence-corrected chi connectivity index (χ4v) is 0.581. The van der Waals surface area contributed by atoms with Crippen molar-refractivity contribution >= 4 is 8.07 Å². The Morgan fingerprint density at radius 3 is 1.88 bits per heavy atom. The summed E-state index contributed by atoms with van der Waals surface area (Å²) in [7, 11) is -1.57. The summed E-state index contributed by atoms with van der Waals surface area (Å²) in [5, 5.41) is 17.1. The molecule has 0 aromatic rings. The van der Waals surface area contributed by atoms with Crippen molar-refractivity contribution in [3.63, 3.8) is 0 Å². The van der Waals surface area contributed by atoms with E-state index in [9.17, 15) is 0 Å². The van der Waals surface area contributed by atoms with Gasteiger partial charge >= 0.3 is 0 Å². The van der Waals surface area contributed by atoms with Crippen LogP contribution in [-0.4, -0.2) is 18.9 Å². The predicted octanol–water partition coefficient (Wildman–Crippen LogP) is 0.748. The van der Waals surface area contributed by atoms with E-state index < -0.39 is 13.8 Å². The summed E-state index contributed by atoms with van der Waals surface area (Å²) in [6.07, 6.45) is 0. The minimum absolute atomic E-state index is 0.706. The number of aliphatic hydroxyl groups is 1. The monoisotopic (exact) mass is 129 g/mol. The van der Waals surface area contributed by atoms with Gasteiger partial charge in [0.2, 0.25) is 0 Å². The molecule has 0 aromatic heterocycles. The van der Waals surface area contributed by atoms with Gasteiger partial charge in [-0.3, -0.25) is 0 Å². The van der Waals surface area contributed by atoms with E-state index in [-0.39, 0.29) is 0 Å². The number of nitriles is 1. The highest BCUT2D eigenvalue weighted by atomic mass is 28.3. The average molecular weight is 129 g/mol. The SMILES string of the molecule is C[Si](C)(C)C(O)C#N. The molecule has 8 heavy (non-hydrogen) atoms. The number of hydrogen-bond acceptors (Lipinski definition) is 2. The molecule has 0 amide bonds. The Hall–Kier alpha value is -0.333.